The second-order valence-electron chi connectivity index (χ2n) is 5.40. The van der Waals surface area contributed by atoms with Gasteiger partial charge in [0.1, 0.15) is 0 Å². The van der Waals surface area contributed by atoms with Gasteiger partial charge in [0.2, 0.25) is 0 Å². The third-order valence-electron chi connectivity index (χ3n) is 3.54. The molecule has 0 spiro atoms. The van der Waals surface area contributed by atoms with Crippen molar-refractivity contribution in [3.05, 3.63) is 92.5 Å². The molecule has 1 amide bonds. The number of carbonyl (C=O) groups excluding carboxylic acids is 1. The topological polar surface area (TPSA) is 29.1 Å². The summed E-state index contributed by atoms with van der Waals surface area (Å²) in [5.74, 6) is 0.749. The van der Waals surface area contributed by atoms with Crippen LogP contribution in [0.1, 0.15) is 15.9 Å². The third-order valence-corrected chi connectivity index (χ3v) is 5.59. The van der Waals surface area contributed by atoms with Crippen molar-refractivity contribution in [1.29, 1.82) is 0 Å². The van der Waals surface area contributed by atoms with Gasteiger partial charge in [0.15, 0.2) is 0 Å². The molecule has 126 valence electrons. The fraction of sp³-hybridized carbons (Fsp3) is 0.0500. The Hall–Kier alpha value is -1.50. The lowest BCUT2D eigenvalue weighted by Crippen LogP contribution is -2.11. The van der Waals surface area contributed by atoms with Crippen molar-refractivity contribution in [3.63, 3.8) is 0 Å². The number of rotatable bonds is 5. The standard InChI is InChI=1S/C20H15ClINOS/c21-16-5-11-19(12-6-16)25-13-14-1-3-15(4-2-14)20(24)23-18-9-7-17(22)8-10-18/h1-12H,13H2,(H,23,24). The molecular weight excluding hydrogens is 465 g/mol. The van der Waals surface area contributed by atoms with Gasteiger partial charge in [-0.05, 0) is 88.8 Å². The Kier molecular flexibility index (Phi) is 6.39. The molecule has 0 aliphatic heterocycles. The van der Waals surface area contributed by atoms with Crippen molar-refractivity contribution in [2.24, 2.45) is 0 Å². The van der Waals surface area contributed by atoms with Gasteiger partial charge in [-0.3, -0.25) is 4.79 Å². The van der Waals surface area contributed by atoms with Gasteiger partial charge in [0.05, 0.1) is 0 Å². The zero-order valence-corrected chi connectivity index (χ0v) is 16.9. The van der Waals surface area contributed by atoms with E-state index >= 15 is 0 Å². The van der Waals surface area contributed by atoms with E-state index in [2.05, 4.69) is 27.9 Å². The molecule has 0 saturated carbocycles. The number of thioether (sulfide) groups is 1. The molecule has 0 aromatic heterocycles. The van der Waals surface area contributed by atoms with Gasteiger partial charge in [0, 0.05) is 30.5 Å². The molecule has 3 aromatic carbocycles. The van der Waals surface area contributed by atoms with Crippen molar-refractivity contribution >= 4 is 57.5 Å². The van der Waals surface area contributed by atoms with Crippen LogP contribution in [-0.2, 0) is 5.75 Å². The highest BCUT2D eigenvalue weighted by molar-refractivity contribution is 14.1. The Labute approximate surface area is 170 Å². The Morgan fingerprint density at radius 3 is 2.20 bits per heavy atom. The van der Waals surface area contributed by atoms with E-state index < -0.39 is 0 Å². The lowest BCUT2D eigenvalue weighted by Gasteiger charge is -2.07. The van der Waals surface area contributed by atoms with Crippen LogP contribution in [0.3, 0.4) is 0 Å². The summed E-state index contributed by atoms with van der Waals surface area (Å²) in [7, 11) is 0. The second-order valence-corrected chi connectivity index (χ2v) is 8.13. The molecule has 0 bridgehead atoms. The summed E-state index contributed by atoms with van der Waals surface area (Å²) >= 11 is 9.87. The predicted molar refractivity (Wildman–Crippen MR) is 115 cm³/mol. The fourth-order valence-corrected chi connectivity index (χ4v) is 3.53. The average Bonchev–Trinajstić information content (AvgIpc) is 2.63. The quantitative estimate of drug-likeness (QED) is 0.335. The first-order chi connectivity index (χ1) is 12.1. The summed E-state index contributed by atoms with van der Waals surface area (Å²) in [6.07, 6.45) is 0. The first-order valence-corrected chi connectivity index (χ1v) is 10.1. The largest absolute Gasteiger partial charge is 0.322 e. The molecule has 0 radical (unpaired) electrons. The van der Waals surface area contributed by atoms with Crippen molar-refractivity contribution in [2.45, 2.75) is 10.6 Å². The number of nitrogens with one attached hydrogen (secondary N) is 1. The summed E-state index contributed by atoms with van der Waals surface area (Å²) in [6.45, 7) is 0. The number of halogens is 2. The number of anilines is 1. The highest BCUT2D eigenvalue weighted by Gasteiger charge is 2.06. The number of amides is 1. The molecule has 2 nitrogen and oxygen atoms in total. The van der Waals surface area contributed by atoms with Gasteiger partial charge < -0.3 is 5.32 Å². The van der Waals surface area contributed by atoms with Crippen LogP contribution in [0.4, 0.5) is 5.69 Å². The molecule has 0 aliphatic carbocycles. The van der Waals surface area contributed by atoms with Crippen LogP contribution < -0.4 is 5.32 Å². The maximum Gasteiger partial charge on any atom is 0.255 e. The van der Waals surface area contributed by atoms with Gasteiger partial charge in [-0.1, -0.05) is 23.7 Å². The Morgan fingerprint density at radius 1 is 0.920 bits per heavy atom. The monoisotopic (exact) mass is 479 g/mol. The van der Waals surface area contributed by atoms with Gasteiger partial charge in [-0.15, -0.1) is 11.8 Å². The van der Waals surface area contributed by atoms with E-state index in [-0.39, 0.29) is 5.91 Å². The van der Waals surface area contributed by atoms with Crippen molar-refractivity contribution in [2.75, 3.05) is 5.32 Å². The minimum atomic E-state index is -0.0990. The first kappa shape index (κ1) is 18.3. The average molecular weight is 480 g/mol. The van der Waals surface area contributed by atoms with Gasteiger partial charge in [-0.25, -0.2) is 0 Å². The Balaban J connectivity index is 1.58. The van der Waals surface area contributed by atoms with Crippen LogP contribution in [0.15, 0.2) is 77.7 Å². The normalized spacial score (nSPS) is 10.5. The summed E-state index contributed by atoms with van der Waals surface area (Å²) in [5, 5.41) is 3.65. The number of hydrogen-bond donors (Lipinski definition) is 1. The molecule has 0 fully saturated rings. The smallest absolute Gasteiger partial charge is 0.255 e. The van der Waals surface area contributed by atoms with Crippen molar-refractivity contribution < 1.29 is 4.79 Å². The molecular formula is C20H15ClINOS. The van der Waals surface area contributed by atoms with E-state index in [9.17, 15) is 4.79 Å². The number of hydrogen-bond acceptors (Lipinski definition) is 2. The molecule has 5 heteroatoms. The number of benzene rings is 3. The van der Waals surface area contributed by atoms with E-state index in [1.165, 1.54) is 10.5 Å². The highest BCUT2D eigenvalue weighted by atomic mass is 127. The summed E-state index contributed by atoms with van der Waals surface area (Å²) < 4.78 is 1.14. The van der Waals surface area contributed by atoms with E-state index in [1.54, 1.807) is 11.8 Å². The third kappa shape index (κ3) is 5.49. The maximum atomic E-state index is 12.3. The minimum absolute atomic E-state index is 0.0990. The van der Waals surface area contributed by atoms with Crippen LogP contribution in [0.25, 0.3) is 0 Å². The predicted octanol–water partition coefficient (Wildman–Crippen LogP) is 6.49. The molecule has 3 aromatic rings. The second kappa shape index (κ2) is 8.74. The molecule has 0 heterocycles. The molecule has 0 atom stereocenters. The number of carbonyl (C=O) groups is 1. The zero-order valence-electron chi connectivity index (χ0n) is 13.2. The molecule has 0 saturated heterocycles. The maximum absolute atomic E-state index is 12.3. The van der Waals surface area contributed by atoms with E-state index in [0.29, 0.717) is 5.56 Å². The van der Waals surface area contributed by atoms with E-state index in [4.69, 9.17) is 11.6 Å². The molecule has 1 N–H and O–H groups in total. The summed E-state index contributed by atoms with van der Waals surface area (Å²) in [4.78, 5) is 13.5. The minimum Gasteiger partial charge on any atom is -0.322 e. The van der Waals surface area contributed by atoms with Crippen LogP contribution >= 0.6 is 46.0 Å². The Bertz CT molecular complexity index is 848. The molecule has 0 unspecified atom stereocenters. The fourth-order valence-electron chi connectivity index (χ4n) is 2.19. The van der Waals surface area contributed by atoms with Gasteiger partial charge in [0.25, 0.3) is 5.91 Å². The van der Waals surface area contributed by atoms with Crippen LogP contribution in [-0.4, -0.2) is 5.91 Å². The lowest BCUT2D eigenvalue weighted by molar-refractivity contribution is 0.102. The SMILES string of the molecule is O=C(Nc1ccc(I)cc1)c1ccc(CSc2ccc(Cl)cc2)cc1. The van der Waals surface area contributed by atoms with Gasteiger partial charge >= 0.3 is 0 Å². The Morgan fingerprint density at radius 2 is 1.56 bits per heavy atom. The van der Waals surface area contributed by atoms with E-state index in [1.807, 2.05) is 72.8 Å². The molecule has 0 aliphatic rings. The lowest BCUT2D eigenvalue weighted by atomic mass is 10.1. The van der Waals surface area contributed by atoms with Crippen molar-refractivity contribution in [1.82, 2.24) is 0 Å². The highest BCUT2D eigenvalue weighted by Crippen LogP contribution is 2.24. The summed E-state index contributed by atoms with van der Waals surface area (Å²) in [5.41, 5.74) is 2.62. The molecule has 25 heavy (non-hydrogen) atoms. The summed E-state index contributed by atoms with van der Waals surface area (Å²) in [6, 6.07) is 23.2. The van der Waals surface area contributed by atoms with Crippen LogP contribution in [0.2, 0.25) is 5.02 Å². The molecule has 3 rings (SSSR count). The van der Waals surface area contributed by atoms with Crippen LogP contribution in [0, 0.1) is 3.57 Å². The van der Waals surface area contributed by atoms with Crippen LogP contribution in [0.5, 0.6) is 0 Å². The first-order valence-electron chi connectivity index (χ1n) is 7.64. The van der Waals surface area contributed by atoms with Gasteiger partial charge in [-0.2, -0.15) is 0 Å². The van der Waals surface area contributed by atoms with E-state index in [0.717, 1.165) is 20.0 Å². The van der Waals surface area contributed by atoms with Crippen molar-refractivity contribution in [3.8, 4) is 0 Å². The zero-order chi connectivity index (χ0) is 17.6.